The summed E-state index contributed by atoms with van der Waals surface area (Å²) in [6, 6.07) is 35.4. The van der Waals surface area contributed by atoms with Crippen LogP contribution in [-0.4, -0.2) is 29.4 Å². The topological polar surface area (TPSA) is 33.0 Å². The van der Waals surface area contributed by atoms with E-state index in [1.165, 1.54) is 20.4 Å². The number of nitriles is 1. The molecule has 0 amide bonds. The second kappa shape index (κ2) is 17.1. The van der Waals surface area contributed by atoms with Crippen molar-refractivity contribution in [3.05, 3.63) is 127 Å². The molecule has 0 saturated carbocycles. The zero-order chi connectivity index (χ0) is 32.0. The van der Waals surface area contributed by atoms with Crippen LogP contribution in [0.1, 0.15) is 85.5 Å². The van der Waals surface area contributed by atoms with Crippen LogP contribution in [-0.2, 0) is 4.43 Å². The predicted octanol–water partition coefficient (Wildman–Crippen LogP) is 9.23. The van der Waals surface area contributed by atoms with Crippen molar-refractivity contribution in [2.45, 2.75) is 101 Å². The van der Waals surface area contributed by atoms with E-state index < -0.39 is 8.32 Å². The van der Waals surface area contributed by atoms with Gasteiger partial charge in [-0.2, -0.15) is 0 Å². The molecule has 0 fully saturated rings. The Morgan fingerprint density at radius 1 is 0.778 bits per heavy atom. The Balaban J connectivity index is 1.62. The first kappa shape index (κ1) is 34.9. The van der Waals surface area contributed by atoms with Crippen molar-refractivity contribution in [2.24, 2.45) is 0 Å². The average Bonchev–Trinajstić information content (AvgIpc) is 3.05. The van der Waals surface area contributed by atoms with Crippen LogP contribution in [0.2, 0.25) is 9.35 Å². The van der Waals surface area contributed by atoms with Crippen LogP contribution in [0.25, 0.3) is 0 Å². The van der Waals surface area contributed by atoms with Crippen molar-refractivity contribution in [2.75, 3.05) is 0 Å². The molecule has 0 bridgehead atoms. The molecule has 0 heterocycles. The van der Waals surface area contributed by atoms with E-state index in [0.29, 0.717) is 0 Å². The third-order valence-corrected chi connectivity index (χ3v) is 16.8. The van der Waals surface area contributed by atoms with Crippen molar-refractivity contribution in [1.82, 2.24) is 0 Å². The van der Waals surface area contributed by atoms with Gasteiger partial charge in [0.25, 0.3) is 0 Å². The molecular weight excluding hydrogens is 630 g/mol. The van der Waals surface area contributed by atoms with E-state index in [9.17, 15) is 5.26 Å². The molecule has 4 heteroatoms. The summed E-state index contributed by atoms with van der Waals surface area (Å²) in [5.41, 5.74) is 1.39. The molecule has 2 atom stereocenters. The Morgan fingerprint density at radius 3 is 1.96 bits per heavy atom. The van der Waals surface area contributed by atoms with Crippen molar-refractivity contribution in [1.29, 1.82) is 5.26 Å². The summed E-state index contributed by atoms with van der Waals surface area (Å²) in [5.74, 6) is 0. The molecule has 2 unspecified atom stereocenters. The molecule has 0 spiro atoms. The molecule has 1 aliphatic rings. The maximum absolute atomic E-state index is 10.5. The molecule has 0 N–H and O–H groups in total. The van der Waals surface area contributed by atoms with Gasteiger partial charge in [-0.1, -0.05) is 36.4 Å². The van der Waals surface area contributed by atoms with Gasteiger partial charge < -0.3 is 0 Å². The standard InChI is InChI=1S/C41H51NOSeSi/c1-35-22-21-33-41(34-42,44-37-24-14-10-15-25-37)32-20-9-7-5-6-8-13-23-36(31-30-35)43-45(40(2,3)4,38-26-16-11-17-27-38)39-28-18-12-19-29-39/h5,7,10-19,22-29,36H,6,8-9,20-21,30-33H2,1-4H3/b7-5+,23-13+,35-22+. The molecule has 0 aromatic heterocycles. The van der Waals surface area contributed by atoms with Gasteiger partial charge in [0, 0.05) is 0 Å². The van der Waals surface area contributed by atoms with E-state index in [1.807, 2.05) is 0 Å². The number of hydrogen-bond donors (Lipinski definition) is 0. The number of allylic oxidation sites excluding steroid dienone is 5. The Bertz CT molecular complexity index is 1400. The summed E-state index contributed by atoms with van der Waals surface area (Å²) in [7, 11) is -2.67. The fourth-order valence-electron chi connectivity index (χ4n) is 6.39. The molecule has 2 nitrogen and oxygen atoms in total. The fourth-order valence-corrected chi connectivity index (χ4v) is 13.7. The van der Waals surface area contributed by atoms with E-state index >= 15 is 0 Å². The second-order valence-corrected chi connectivity index (χ2v) is 20.6. The zero-order valence-electron chi connectivity index (χ0n) is 27.8. The van der Waals surface area contributed by atoms with Gasteiger partial charge in [-0.25, -0.2) is 0 Å². The van der Waals surface area contributed by atoms with Gasteiger partial charge in [-0.05, 0) is 0 Å². The van der Waals surface area contributed by atoms with Gasteiger partial charge in [-0.3, -0.25) is 0 Å². The van der Waals surface area contributed by atoms with E-state index in [0.717, 1.165) is 57.8 Å². The van der Waals surface area contributed by atoms with Crippen LogP contribution in [0.4, 0.5) is 0 Å². The summed E-state index contributed by atoms with van der Waals surface area (Å²) >= 11 is 0.121. The second-order valence-electron chi connectivity index (χ2n) is 13.3. The van der Waals surface area contributed by atoms with Crippen molar-refractivity contribution in [3.8, 4) is 6.07 Å². The molecule has 236 valence electrons. The van der Waals surface area contributed by atoms with Crippen LogP contribution in [0, 0.1) is 11.3 Å². The van der Waals surface area contributed by atoms with Crippen LogP contribution in [0.3, 0.4) is 0 Å². The Morgan fingerprint density at radius 2 is 1.36 bits per heavy atom. The van der Waals surface area contributed by atoms with Gasteiger partial charge in [0.1, 0.15) is 0 Å². The Kier molecular flexibility index (Phi) is 13.3. The number of nitrogens with zero attached hydrogens (tertiary/aromatic N) is 1. The first-order valence-electron chi connectivity index (χ1n) is 16.7. The minimum atomic E-state index is -2.67. The van der Waals surface area contributed by atoms with Gasteiger partial charge in [0.2, 0.25) is 0 Å². The first-order valence-corrected chi connectivity index (χ1v) is 20.3. The van der Waals surface area contributed by atoms with Crippen LogP contribution < -0.4 is 14.8 Å². The van der Waals surface area contributed by atoms with Crippen LogP contribution in [0.15, 0.2) is 127 Å². The number of benzene rings is 3. The van der Waals surface area contributed by atoms with Gasteiger partial charge >= 0.3 is 245 Å². The number of rotatable bonds is 6. The molecule has 45 heavy (non-hydrogen) atoms. The molecule has 0 radical (unpaired) electrons. The van der Waals surface area contributed by atoms with Crippen molar-refractivity contribution < 1.29 is 4.43 Å². The summed E-state index contributed by atoms with van der Waals surface area (Å²) in [6.45, 7) is 9.33. The van der Waals surface area contributed by atoms with E-state index in [-0.39, 0.29) is 30.4 Å². The molecule has 4 rings (SSSR count). The SMILES string of the molecule is C/C1=C\CCC(C#N)([Se]c2ccccc2)CCC/C=C/CC/C=C/C(O[Si](c2ccccc2)(c2ccccc2)C(C)(C)C)CC1. The van der Waals surface area contributed by atoms with E-state index in [1.54, 1.807) is 0 Å². The van der Waals surface area contributed by atoms with Gasteiger partial charge in [0.05, 0.1) is 0 Å². The monoisotopic (exact) mass is 681 g/mol. The number of hydrogen-bond acceptors (Lipinski definition) is 2. The summed E-state index contributed by atoms with van der Waals surface area (Å²) < 4.78 is 8.62. The van der Waals surface area contributed by atoms with Crippen LogP contribution in [0.5, 0.6) is 0 Å². The predicted molar refractivity (Wildman–Crippen MR) is 196 cm³/mol. The Hall–Kier alpha value is -2.93. The van der Waals surface area contributed by atoms with E-state index in [4.69, 9.17) is 4.43 Å². The molecular formula is C41H51NOSeSi. The third-order valence-electron chi connectivity index (χ3n) is 8.84. The van der Waals surface area contributed by atoms with Gasteiger partial charge in [0.15, 0.2) is 0 Å². The summed E-state index contributed by atoms with van der Waals surface area (Å²) in [4.78, 5) is 0. The first-order chi connectivity index (χ1) is 21.8. The third kappa shape index (κ3) is 9.78. The zero-order valence-corrected chi connectivity index (χ0v) is 30.5. The van der Waals surface area contributed by atoms with Crippen LogP contribution >= 0.6 is 0 Å². The minimum absolute atomic E-state index is 0.0129. The molecule has 1 aliphatic carbocycles. The molecule has 0 aliphatic heterocycles. The quantitative estimate of drug-likeness (QED) is 0.192. The molecule has 3 aromatic rings. The maximum atomic E-state index is 10.5. The van der Waals surface area contributed by atoms with Gasteiger partial charge in [-0.15, -0.1) is 0 Å². The Labute approximate surface area is 280 Å². The summed E-state index contributed by atoms with van der Waals surface area (Å²) in [5, 5.41) is 13.1. The van der Waals surface area contributed by atoms with Crippen molar-refractivity contribution in [3.63, 3.8) is 0 Å². The van der Waals surface area contributed by atoms with Crippen molar-refractivity contribution >= 4 is 38.1 Å². The average molecular weight is 681 g/mol. The summed E-state index contributed by atoms with van der Waals surface area (Å²) in [6.07, 6.45) is 20.6. The van der Waals surface area contributed by atoms with E-state index in [2.05, 4.69) is 155 Å². The molecule has 3 aromatic carbocycles. The molecule has 0 saturated heterocycles. The normalized spacial score (nSPS) is 23.5. The fraction of sp³-hybridized carbons (Fsp3) is 0.390.